The zero-order valence-electron chi connectivity index (χ0n) is 83.5. The fourth-order valence-electron chi connectivity index (χ4n) is 19.8. The van der Waals surface area contributed by atoms with E-state index in [9.17, 15) is 0 Å². The van der Waals surface area contributed by atoms with Gasteiger partial charge in [-0.3, -0.25) is 0 Å². The van der Waals surface area contributed by atoms with Gasteiger partial charge >= 0.3 is 0 Å². The molecule has 712 valence electrons. The maximum Gasteiger partial charge on any atom is 0.0487 e. The average molecular weight is 1910 g/mol. The van der Waals surface area contributed by atoms with E-state index >= 15 is 0 Å². The fourth-order valence-corrected chi connectivity index (χ4v) is 19.8. The number of fused-ring (bicyclic) bond motifs is 2. The summed E-state index contributed by atoms with van der Waals surface area (Å²) in [5.74, 6) is 0. The van der Waals surface area contributed by atoms with E-state index in [2.05, 4.69) is 663 Å². The van der Waals surface area contributed by atoms with Gasteiger partial charge in [-0.05, 0) is 303 Å². The van der Waals surface area contributed by atoms with Crippen molar-refractivity contribution in [3.8, 4) is 111 Å². The molecule has 0 unspecified atom stereocenters. The zero-order chi connectivity index (χ0) is 100. The fraction of sp³-hybridized carbons (Fsp3) is 0.0210. The van der Waals surface area contributed by atoms with Crippen LogP contribution in [0, 0.1) is 0 Å². The second-order valence-electron chi connectivity index (χ2n) is 37.4. The van der Waals surface area contributed by atoms with Crippen LogP contribution in [-0.4, -0.2) is 21.1 Å². The van der Waals surface area contributed by atoms with Crippen molar-refractivity contribution in [3.63, 3.8) is 0 Å². The molecule has 24 aromatic carbocycles. The van der Waals surface area contributed by atoms with Crippen molar-refractivity contribution in [2.24, 2.45) is 0 Å². The third-order valence-corrected chi connectivity index (χ3v) is 28.1. The van der Waals surface area contributed by atoms with Crippen molar-refractivity contribution in [2.75, 3.05) is 50.5 Å². The Morgan fingerprint density at radius 2 is 0.255 bits per heavy atom. The number of hydrogen-bond donors (Lipinski definition) is 0. The Morgan fingerprint density at radius 1 is 0.101 bits per heavy atom. The molecule has 0 N–H and O–H groups in total. The first-order chi connectivity index (χ1) is 73.6. The Morgan fingerprint density at radius 3 is 0.477 bits per heavy atom. The molecule has 0 fully saturated rings. The molecule has 0 aromatic heterocycles. The Hall–Kier alpha value is -19.4. The molecule has 0 bridgehead atoms. The Bertz CT molecular complexity index is 8230. The van der Waals surface area contributed by atoms with E-state index < -0.39 is 0 Å². The van der Waals surface area contributed by atoms with Gasteiger partial charge < -0.3 is 29.4 Å². The lowest BCUT2D eigenvalue weighted by molar-refractivity contribution is 1.21. The first kappa shape index (κ1) is 94.5. The van der Waals surface area contributed by atoms with Crippen molar-refractivity contribution < 1.29 is 0 Å². The summed E-state index contributed by atoms with van der Waals surface area (Å²) in [7, 11) is 6.38. The molecule has 0 aliphatic carbocycles. The molecule has 0 radical (unpaired) electrons. The topological polar surface area (TPSA) is 19.4 Å². The Labute approximate surface area is 875 Å². The smallest absolute Gasteiger partial charge is 0.0487 e. The minimum Gasteiger partial charge on any atom is -0.345 e. The quantitative estimate of drug-likeness (QED) is 0.0564. The Kier molecular flexibility index (Phi) is 28.3. The Balaban J connectivity index is 0.000000127. The molecule has 24 rings (SSSR count). The van der Waals surface area contributed by atoms with E-state index in [-0.39, 0.29) is 0 Å². The maximum absolute atomic E-state index is 2.33. The van der Waals surface area contributed by atoms with Crippen molar-refractivity contribution in [2.45, 2.75) is 0 Å². The molecular formula is C143H110N6. The van der Waals surface area contributed by atoms with Gasteiger partial charge in [-0.2, -0.15) is 0 Å². The molecule has 0 aliphatic heterocycles. The minimum absolute atomic E-state index is 1.11. The van der Waals surface area contributed by atoms with Crippen LogP contribution < -0.4 is 29.4 Å². The molecule has 0 saturated heterocycles. The molecule has 24 aromatic rings. The summed E-state index contributed by atoms with van der Waals surface area (Å²) in [5.41, 5.74) is 41.0. The molecule has 149 heavy (non-hydrogen) atoms. The molecule has 0 atom stereocenters. The van der Waals surface area contributed by atoms with Gasteiger partial charge in [-0.15, -0.1) is 0 Å². The lowest BCUT2D eigenvalue weighted by Gasteiger charge is -2.26. The maximum atomic E-state index is 2.33. The van der Waals surface area contributed by atoms with Crippen LogP contribution in [0.5, 0.6) is 0 Å². The van der Waals surface area contributed by atoms with E-state index in [0.29, 0.717) is 0 Å². The third-order valence-electron chi connectivity index (χ3n) is 28.1. The largest absolute Gasteiger partial charge is 0.345 e. The summed E-state index contributed by atoms with van der Waals surface area (Å²) < 4.78 is 0. The highest BCUT2D eigenvalue weighted by atomic mass is 15.2. The molecule has 6 nitrogen and oxygen atoms in total. The molecule has 0 spiro atoms. The average Bonchev–Trinajstić information content (AvgIpc) is 0.800. The van der Waals surface area contributed by atoms with Crippen LogP contribution in [0.25, 0.3) is 133 Å². The minimum atomic E-state index is 1.11. The summed E-state index contributed by atoms with van der Waals surface area (Å²) in [6.45, 7) is 0. The van der Waals surface area contributed by atoms with Crippen molar-refractivity contribution in [3.05, 3.63) is 613 Å². The van der Waals surface area contributed by atoms with Crippen LogP contribution in [0.3, 0.4) is 0 Å². The second kappa shape index (κ2) is 44.6. The normalized spacial score (nSPS) is 10.9. The lowest BCUT2D eigenvalue weighted by Crippen LogP contribution is -2.10. The van der Waals surface area contributed by atoms with Crippen molar-refractivity contribution in [1.29, 1.82) is 0 Å². The second-order valence-corrected chi connectivity index (χ2v) is 37.4. The number of nitrogens with zero attached hydrogens (tertiary/aromatic N) is 6. The SMILES string of the molecule is CN(c1ccc(-c2ccc(N(c3ccc(-c4ccccc4)cc3)c3ccc(-c4ccccc4)cc3)cc2)cc1)c1ccc2ccccc2c1.CN(c1ccc(-c2ccc(N(c3ccc(-c4ccccc4)cc3)c3ccc(-c4ccccc4)cc3)cc2)cc1)c1cccc2ccccc12.CN(c1ccc(-c2ccccc2)cc1)c1ccc(-c2ccc(N(c3ccc(-c4ccccc4)cc3)c3ccc(-c4ccccc4)cc3)cc2)cc1. The van der Waals surface area contributed by atoms with Gasteiger partial charge in [0.15, 0.2) is 0 Å². The van der Waals surface area contributed by atoms with E-state index in [4.69, 9.17) is 0 Å². The standard InChI is InChI=1S/C49H38N2.2C47H36N2/c1-50(45-27-17-40(18-28-45)37-11-5-2-6-12-37)46-29-19-43(20-30-46)44-25-35-49(36-26-44)51(47-31-21-41(22-32-47)38-13-7-3-8-14-38)48-33-23-42(24-34-48)39-15-9-4-10-16-39;1-48(47-18-10-16-41-15-8-9-17-46(41)47)42-27-19-39(20-28-42)40-25-33-45(34-26-40)49(43-29-21-37(22-30-43)35-11-4-2-5-12-35)44-31-23-38(24-32-44)36-13-6-3-7-14-36;1-48(47-33-24-37-14-8-9-15-42(37)34-47)43-25-16-40(17-26-43)41-22-31-46(32-23-41)49(44-27-18-38(19-28-44)35-10-4-2-5-11-35)45-29-20-39(21-30-45)36-12-6-3-7-13-36/h2-36H,1H3;2*2-34H,1H3. The van der Waals surface area contributed by atoms with Gasteiger partial charge in [0.25, 0.3) is 0 Å². The summed E-state index contributed by atoms with van der Waals surface area (Å²) in [6.07, 6.45) is 0. The highest BCUT2D eigenvalue weighted by Crippen LogP contribution is 2.45. The van der Waals surface area contributed by atoms with Gasteiger partial charge in [0.1, 0.15) is 0 Å². The molecular weight excluding hydrogens is 1800 g/mol. The molecule has 6 heteroatoms. The predicted molar refractivity (Wildman–Crippen MR) is 636 cm³/mol. The van der Waals surface area contributed by atoms with E-state index in [1.807, 2.05) is 0 Å². The first-order valence-electron chi connectivity index (χ1n) is 50.9. The van der Waals surface area contributed by atoms with Crippen LogP contribution in [-0.2, 0) is 0 Å². The number of benzene rings is 24. The molecule has 0 saturated carbocycles. The summed E-state index contributed by atoms with van der Waals surface area (Å²) >= 11 is 0. The van der Waals surface area contributed by atoms with E-state index in [0.717, 1.165) is 73.9 Å². The van der Waals surface area contributed by atoms with Gasteiger partial charge in [0.2, 0.25) is 0 Å². The highest BCUT2D eigenvalue weighted by Gasteiger charge is 2.21. The first-order valence-corrected chi connectivity index (χ1v) is 50.9. The van der Waals surface area contributed by atoms with Crippen LogP contribution in [0.4, 0.5) is 85.3 Å². The lowest BCUT2D eigenvalue weighted by atomic mass is 10.0. The van der Waals surface area contributed by atoms with Gasteiger partial charge in [0.05, 0.1) is 0 Å². The number of rotatable bonds is 25. The summed E-state index contributed by atoms with van der Waals surface area (Å²) in [5, 5.41) is 5.00. The molecule has 0 amide bonds. The monoisotopic (exact) mass is 1910 g/mol. The van der Waals surface area contributed by atoms with E-state index in [1.165, 1.54) is 144 Å². The van der Waals surface area contributed by atoms with Crippen LogP contribution >= 0.6 is 0 Å². The van der Waals surface area contributed by atoms with E-state index in [1.54, 1.807) is 0 Å². The van der Waals surface area contributed by atoms with Crippen molar-refractivity contribution in [1.82, 2.24) is 0 Å². The van der Waals surface area contributed by atoms with Crippen molar-refractivity contribution >= 4 is 107 Å². The summed E-state index contributed by atoms with van der Waals surface area (Å²) in [4.78, 5) is 13.7. The highest BCUT2D eigenvalue weighted by molar-refractivity contribution is 5.97. The summed E-state index contributed by atoms with van der Waals surface area (Å²) in [6, 6.07) is 219. The number of hydrogen-bond acceptors (Lipinski definition) is 6. The molecule has 0 aliphatic rings. The van der Waals surface area contributed by atoms with Crippen LogP contribution in [0.15, 0.2) is 613 Å². The van der Waals surface area contributed by atoms with Gasteiger partial charge in [-0.1, -0.05) is 437 Å². The number of anilines is 15. The van der Waals surface area contributed by atoms with Gasteiger partial charge in [-0.25, -0.2) is 0 Å². The van der Waals surface area contributed by atoms with Gasteiger partial charge in [0, 0.05) is 112 Å². The predicted octanol–water partition coefficient (Wildman–Crippen LogP) is 39.7. The third kappa shape index (κ3) is 21.8. The molecule has 0 heterocycles. The van der Waals surface area contributed by atoms with Crippen LogP contribution in [0.1, 0.15) is 0 Å². The van der Waals surface area contributed by atoms with Crippen LogP contribution in [0.2, 0.25) is 0 Å². The zero-order valence-corrected chi connectivity index (χ0v) is 83.5.